The summed E-state index contributed by atoms with van der Waals surface area (Å²) in [6.45, 7) is 13.2. The highest BCUT2D eigenvalue weighted by atomic mass is 32.1. The van der Waals surface area contributed by atoms with Gasteiger partial charge < -0.3 is 10.2 Å². The van der Waals surface area contributed by atoms with E-state index in [0.717, 1.165) is 24.7 Å². The number of rotatable bonds is 5. The summed E-state index contributed by atoms with van der Waals surface area (Å²) < 4.78 is 0. The number of allylic oxidation sites excluding steroid dienone is 4. The van der Waals surface area contributed by atoms with Gasteiger partial charge in [0.1, 0.15) is 0 Å². The largest absolute Gasteiger partial charge is 0.362 e. The summed E-state index contributed by atoms with van der Waals surface area (Å²) in [5, 5.41) is 4.25. The number of nitrogens with zero attached hydrogens (tertiary/aromatic N) is 1. The lowest BCUT2D eigenvalue weighted by Crippen LogP contribution is -2.39. The highest BCUT2D eigenvalue weighted by molar-refractivity contribution is 7.80. The van der Waals surface area contributed by atoms with Gasteiger partial charge >= 0.3 is 0 Å². The van der Waals surface area contributed by atoms with E-state index in [9.17, 15) is 0 Å². The Kier molecular flexibility index (Phi) is 6.85. The van der Waals surface area contributed by atoms with Gasteiger partial charge in [-0.05, 0) is 37.1 Å². The average molecular weight is 278 g/mol. The van der Waals surface area contributed by atoms with E-state index in [4.69, 9.17) is 12.2 Å². The van der Waals surface area contributed by atoms with E-state index in [1.54, 1.807) is 0 Å². The standard InChI is InChI=1S/C16H26N2S/c1-5-7-8-14(6-2)15-9-10-18(12-15)16(19)17-11-13(3)4/h5-8,13,15H,1,9-12H2,2-4H3,(H,17,19)/b8-7-,14-6+. The van der Waals surface area contributed by atoms with Crippen molar-refractivity contribution in [1.82, 2.24) is 10.2 Å². The average Bonchev–Trinajstić information content (AvgIpc) is 2.86. The minimum Gasteiger partial charge on any atom is -0.362 e. The SMILES string of the molecule is C=C/C=C\C(=C/C)C1CCN(C(=S)NCC(C)C)C1. The quantitative estimate of drug-likeness (QED) is 0.612. The molecule has 1 aliphatic heterocycles. The maximum atomic E-state index is 5.46. The molecule has 19 heavy (non-hydrogen) atoms. The second kappa shape index (κ2) is 8.16. The van der Waals surface area contributed by atoms with Crippen molar-refractivity contribution in [1.29, 1.82) is 0 Å². The van der Waals surface area contributed by atoms with Crippen molar-refractivity contribution < 1.29 is 0 Å². The third kappa shape index (κ3) is 5.19. The first-order valence-electron chi connectivity index (χ1n) is 7.06. The molecular formula is C16H26N2S. The first-order valence-corrected chi connectivity index (χ1v) is 7.47. The Bertz CT molecular complexity index is 369. The van der Waals surface area contributed by atoms with Crippen LogP contribution in [0.2, 0.25) is 0 Å². The van der Waals surface area contributed by atoms with Crippen LogP contribution in [0.3, 0.4) is 0 Å². The Labute approximate surface area is 123 Å². The van der Waals surface area contributed by atoms with Crippen LogP contribution in [0, 0.1) is 11.8 Å². The molecule has 0 amide bonds. The van der Waals surface area contributed by atoms with Crippen LogP contribution in [-0.4, -0.2) is 29.6 Å². The number of nitrogens with one attached hydrogen (secondary N) is 1. The van der Waals surface area contributed by atoms with Crippen LogP contribution >= 0.6 is 12.2 Å². The summed E-state index contributed by atoms with van der Waals surface area (Å²) in [5.41, 5.74) is 1.38. The fraction of sp³-hybridized carbons (Fsp3) is 0.562. The van der Waals surface area contributed by atoms with E-state index in [1.165, 1.54) is 12.0 Å². The fourth-order valence-corrected chi connectivity index (χ4v) is 2.52. The molecule has 0 aromatic carbocycles. The number of hydrogen-bond donors (Lipinski definition) is 1. The predicted octanol–water partition coefficient (Wildman–Crippen LogP) is 3.53. The fourth-order valence-electron chi connectivity index (χ4n) is 2.27. The van der Waals surface area contributed by atoms with Crippen LogP contribution in [0.15, 0.2) is 36.5 Å². The molecule has 0 spiro atoms. The topological polar surface area (TPSA) is 15.3 Å². The minimum atomic E-state index is 0.583. The van der Waals surface area contributed by atoms with Gasteiger partial charge in [0, 0.05) is 25.6 Å². The van der Waals surface area contributed by atoms with Gasteiger partial charge in [-0.3, -0.25) is 0 Å². The normalized spacial score (nSPS) is 20.3. The molecule has 106 valence electrons. The summed E-state index contributed by atoms with van der Waals surface area (Å²) in [7, 11) is 0. The molecule has 1 unspecified atom stereocenters. The molecule has 1 aliphatic rings. The highest BCUT2D eigenvalue weighted by Crippen LogP contribution is 2.24. The summed E-state index contributed by atoms with van der Waals surface area (Å²) in [6, 6.07) is 0. The van der Waals surface area contributed by atoms with Crippen molar-refractivity contribution in [2.24, 2.45) is 11.8 Å². The highest BCUT2D eigenvalue weighted by Gasteiger charge is 2.25. The monoisotopic (exact) mass is 278 g/mol. The lowest BCUT2D eigenvalue weighted by molar-refractivity contribution is 0.482. The molecule has 2 nitrogen and oxygen atoms in total. The molecular weight excluding hydrogens is 252 g/mol. The Hall–Kier alpha value is -1.09. The number of thiocarbonyl (C=S) groups is 1. The van der Waals surface area contributed by atoms with Crippen LogP contribution < -0.4 is 5.32 Å². The van der Waals surface area contributed by atoms with E-state index in [2.05, 4.69) is 49.7 Å². The smallest absolute Gasteiger partial charge is 0.168 e. The van der Waals surface area contributed by atoms with Crippen molar-refractivity contribution in [3.63, 3.8) is 0 Å². The molecule has 1 heterocycles. The Morgan fingerprint density at radius 3 is 2.84 bits per heavy atom. The lowest BCUT2D eigenvalue weighted by atomic mass is 9.97. The molecule has 0 aliphatic carbocycles. The third-order valence-electron chi connectivity index (χ3n) is 3.37. The molecule has 0 aromatic rings. The van der Waals surface area contributed by atoms with Crippen LogP contribution in [0.25, 0.3) is 0 Å². The Morgan fingerprint density at radius 1 is 1.53 bits per heavy atom. The molecule has 1 N–H and O–H groups in total. The van der Waals surface area contributed by atoms with Crippen molar-refractivity contribution in [3.05, 3.63) is 36.5 Å². The summed E-state index contributed by atoms with van der Waals surface area (Å²) in [5.74, 6) is 1.21. The van der Waals surface area contributed by atoms with Crippen LogP contribution in [-0.2, 0) is 0 Å². The third-order valence-corrected chi connectivity index (χ3v) is 3.77. The van der Waals surface area contributed by atoms with E-state index in [0.29, 0.717) is 11.8 Å². The maximum Gasteiger partial charge on any atom is 0.168 e. The minimum absolute atomic E-state index is 0.583. The van der Waals surface area contributed by atoms with Gasteiger partial charge in [-0.25, -0.2) is 0 Å². The molecule has 1 atom stereocenters. The first kappa shape index (κ1) is 16.0. The van der Waals surface area contributed by atoms with Gasteiger partial charge in [0.05, 0.1) is 0 Å². The van der Waals surface area contributed by atoms with E-state index in [1.807, 2.05) is 12.2 Å². The molecule has 0 saturated carbocycles. The summed E-state index contributed by atoms with van der Waals surface area (Å²) in [6.07, 6.45) is 9.35. The zero-order chi connectivity index (χ0) is 14.3. The van der Waals surface area contributed by atoms with Crippen LogP contribution in [0.1, 0.15) is 27.2 Å². The molecule has 0 bridgehead atoms. The van der Waals surface area contributed by atoms with E-state index in [-0.39, 0.29) is 0 Å². The molecule has 1 fully saturated rings. The Balaban J connectivity index is 2.50. The van der Waals surface area contributed by atoms with Gasteiger partial charge in [0.15, 0.2) is 5.11 Å². The van der Waals surface area contributed by atoms with E-state index < -0.39 is 0 Å². The van der Waals surface area contributed by atoms with Crippen molar-refractivity contribution >= 4 is 17.3 Å². The molecule has 1 saturated heterocycles. The second-order valence-electron chi connectivity index (χ2n) is 5.40. The van der Waals surface area contributed by atoms with Gasteiger partial charge in [0.2, 0.25) is 0 Å². The first-order chi connectivity index (χ1) is 9.08. The number of hydrogen-bond acceptors (Lipinski definition) is 1. The van der Waals surface area contributed by atoms with Crippen LogP contribution in [0.4, 0.5) is 0 Å². The zero-order valence-corrected chi connectivity index (χ0v) is 13.2. The van der Waals surface area contributed by atoms with E-state index >= 15 is 0 Å². The van der Waals surface area contributed by atoms with Crippen molar-refractivity contribution in [3.8, 4) is 0 Å². The van der Waals surface area contributed by atoms with Gasteiger partial charge in [-0.2, -0.15) is 0 Å². The summed E-state index contributed by atoms with van der Waals surface area (Å²) in [4.78, 5) is 2.29. The molecule has 3 heteroatoms. The predicted molar refractivity (Wildman–Crippen MR) is 88.2 cm³/mol. The maximum absolute atomic E-state index is 5.46. The van der Waals surface area contributed by atoms with Crippen molar-refractivity contribution in [2.45, 2.75) is 27.2 Å². The van der Waals surface area contributed by atoms with Crippen molar-refractivity contribution in [2.75, 3.05) is 19.6 Å². The summed E-state index contributed by atoms with van der Waals surface area (Å²) >= 11 is 5.46. The molecule has 0 radical (unpaired) electrons. The Morgan fingerprint density at radius 2 is 2.26 bits per heavy atom. The molecule has 0 aromatic heterocycles. The van der Waals surface area contributed by atoms with Gasteiger partial charge in [-0.15, -0.1) is 0 Å². The lowest BCUT2D eigenvalue weighted by Gasteiger charge is -2.21. The molecule has 1 rings (SSSR count). The zero-order valence-electron chi connectivity index (χ0n) is 12.4. The number of likely N-dealkylation sites (tertiary alicyclic amines) is 1. The second-order valence-corrected chi connectivity index (χ2v) is 5.78. The van der Waals surface area contributed by atoms with Crippen LogP contribution in [0.5, 0.6) is 0 Å². The van der Waals surface area contributed by atoms with Gasteiger partial charge in [0.25, 0.3) is 0 Å². The van der Waals surface area contributed by atoms with Gasteiger partial charge in [-0.1, -0.05) is 44.7 Å².